The summed E-state index contributed by atoms with van der Waals surface area (Å²) in [6.45, 7) is 16.5. The van der Waals surface area contributed by atoms with Crippen molar-refractivity contribution in [3.63, 3.8) is 0 Å². The molecule has 0 heterocycles. The van der Waals surface area contributed by atoms with E-state index >= 15 is 0 Å². The van der Waals surface area contributed by atoms with Crippen LogP contribution in [0.15, 0.2) is 108 Å². The summed E-state index contributed by atoms with van der Waals surface area (Å²) in [6, 6.07) is 18.1. The van der Waals surface area contributed by atoms with E-state index in [-0.39, 0.29) is 67.8 Å². The minimum Gasteiger partial charge on any atom is -0.512 e. The zero-order valence-electron chi connectivity index (χ0n) is 44.3. The Hall–Kier alpha value is -3.69. The van der Waals surface area contributed by atoms with Crippen LogP contribution in [0.4, 0.5) is 0 Å². The molecule has 0 spiro atoms. The third kappa shape index (κ3) is 11.8. The second-order valence-electron chi connectivity index (χ2n) is 24.0. The van der Waals surface area contributed by atoms with Gasteiger partial charge in [-0.05, 0) is 186 Å². The van der Waals surface area contributed by atoms with E-state index in [0.717, 1.165) is 74.0 Å². The topological polar surface area (TPSA) is 163 Å². The summed E-state index contributed by atoms with van der Waals surface area (Å²) in [7, 11) is 0. The maximum absolute atomic E-state index is 12.2. The van der Waals surface area contributed by atoms with Gasteiger partial charge in [0.2, 0.25) is 0 Å². The molecule has 71 heavy (non-hydrogen) atoms. The smallest absolute Gasteiger partial charge is 0.350 e. The van der Waals surface area contributed by atoms with E-state index < -0.39 is 0 Å². The number of aliphatic hydroxyl groups is 2. The second-order valence-corrected chi connectivity index (χ2v) is 24.0. The van der Waals surface area contributed by atoms with E-state index in [4.69, 9.17) is 20.4 Å². The molecule has 8 N–H and O–H groups in total. The van der Waals surface area contributed by atoms with E-state index in [1.165, 1.54) is 90.2 Å². The maximum atomic E-state index is 12.2. The number of hydrogen-bond acceptors (Lipinski definition) is 4. The summed E-state index contributed by atoms with van der Waals surface area (Å²) >= 11 is 0. The standard InChI is InChI=1S/2C21H32O2.2C10H10O2.Ti/c2*1-13(22)17-6-7-18-16-5-4-14-12-15(23)8-10-20(14,2)19(16)9-11-21(17,18)3;2*1-8(11)7-10(12)9-5-3-2-4-6-9;/h2*4,15-19,23H,5-12H2,1-3H3;2*2-7,11H,1H3;/p+4/b;;2*8-7-;. The van der Waals surface area contributed by atoms with Crippen molar-refractivity contribution < 1.29 is 61.3 Å². The quantitative estimate of drug-likeness (QED) is 0.0735. The van der Waals surface area contributed by atoms with Crippen LogP contribution in [0.5, 0.6) is 0 Å². The van der Waals surface area contributed by atoms with Gasteiger partial charge in [-0.15, -0.1) is 0 Å². The Morgan fingerprint density at radius 3 is 1.21 bits per heavy atom. The number of aliphatic hydroxyl groups excluding tert-OH is 2. The van der Waals surface area contributed by atoms with E-state index in [1.807, 2.05) is 50.2 Å². The molecule has 0 amide bonds. The normalized spacial score (nSPS) is 37.6. The van der Waals surface area contributed by atoms with Gasteiger partial charge in [0.15, 0.2) is 12.2 Å². The molecule has 9 heteroatoms. The monoisotopic (exact) mass is 1010 g/mol. The molecular formula is C62H88O8Ti+4. The number of rotatable bonds is 6. The minimum atomic E-state index is 0. The van der Waals surface area contributed by atoms with E-state index in [9.17, 15) is 19.2 Å². The van der Waals surface area contributed by atoms with Crippen molar-refractivity contribution in [3.8, 4) is 0 Å². The van der Waals surface area contributed by atoms with Crippen LogP contribution in [-0.2, 0) is 31.3 Å². The van der Waals surface area contributed by atoms with Crippen LogP contribution in [0, 0.1) is 69.0 Å². The molecule has 6 saturated carbocycles. The molecule has 0 saturated heterocycles. The predicted octanol–water partition coefficient (Wildman–Crippen LogP) is 12.6. The molecule has 10 rings (SSSR count). The minimum absolute atomic E-state index is 0. The van der Waals surface area contributed by atoms with Gasteiger partial charge in [0, 0.05) is 59.2 Å². The predicted molar refractivity (Wildman–Crippen MR) is 284 cm³/mol. The Labute approximate surface area is 440 Å². The fourth-order valence-electron chi connectivity index (χ4n) is 16.4. The van der Waals surface area contributed by atoms with Crippen LogP contribution in [0.1, 0.15) is 169 Å². The van der Waals surface area contributed by atoms with Gasteiger partial charge < -0.3 is 20.4 Å². The largest absolute Gasteiger partial charge is 0.512 e. The number of fused-ring (bicyclic) bond motifs is 10. The third-order valence-electron chi connectivity index (χ3n) is 20.0. The van der Waals surface area contributed by atoms with Gasteiger partial charge in [-0.3, -0.25) is 19.2 Å². The van der Waals surface area contributed by atoms with Gasteiger partial charge in [-0.25, -0.2) is 0 Å². The molecule has 14 unspecified atom stereocenters. The Kier molecular flexibility index (Phi) is 18.5. The Morgan fingerprint density at radius 2 is 0.887 bits per heavy atom. The van der Waals surface area contributed by atoms with Crippen molar-refractivity contribution in [1.82, 2.24) is 0 Å². The molecule has 8 aliphatic carbocycles. The maximum Gasteiger partial charge on any atom is 0.350 e. The fraction of sp³-hybridized carbons (Fsp3) is 0.613. The first-order chi connectivity index (χ1) is 33.1. The van der Waals surface area contributed by atoms with Crippen molar-refractivity contribution in [2.24, 2.45) is 69.0 Å². The van der Waals surface area contributed by atoms with Crippen LogP contribution < -0.4 is 0 Å². The molecule has 0 aliphatic heterocycles. The molecule has 6 fully saturated rings. The number of carbonyl (C=O) groups is 2. The summed E-state index contributed by atoms with van der Waals surface area (Å²) in [6.07, 6.45) is 26.9. The van der Waals surface area contributed by atoms with Crippen LogP contribution >= 0.6 is 0 Å². The SMILES string of the molecule is C/C(O)=C/C(=[OH+])c1ccccc1.C/C(O)=C/C(=[OH+])c1ccccc1.CC(=O)C1CCC2C3CC=C4CC([OH2+])CCC4(C)C3CCC12C.CC(=O)C1CCC2C3CC=C4CC([OH2+])CCC4(C)C3CCC12C.[Ti]. The third-order valence-corrected chi connectivity index (χ3v) is 20.0. The molecule has 8 nitrogen and oxygen atoms in total. The molecule has 8 aliphatic rings. The van der Waals surface area contributed by atoms with Crippen LogP contribution in [0.25, 0.3) is 0 Å². The summed E-state index contributed by atoms with van der Waals surface area (Å²) in [4.78, 5) is 43.1. The van der Waals surface area contributed by atoms with Crippen molar-refractivity contribution >= 4 is 23.1 Å². The van der Waals surface area contributed by atoms with Crippen molar-refractivity contribution in [1.29, 1.82) is 0 Å². The molecule has 2 aromatic carbocycles. The van der Waals surface area contributed by atoms with Crippen LogP contribution in [0.3, 0.4) is 0 Å². The van der Waals surface area contributed by atoms with Gasteiger partial charge in [0.05, 0.1) is 34.8 Å². The second kappa shape index (κ2) is 23.2. The number of hydrogen-bond donors (Lipinski definition) is 2. The Morgan fingerprint density at radius 1 is 0.535 bits per heavy atom. The molecule has 2 aromatic rings. The Bertz CT molecular complexity index is 2180. The molecule has 384 valence electrons. The van der Waals surface area contributed by atoms with Gasteiger partial charge in [-0.1, -0.05) is 87.4 Å². The first kappa shape index (κ1) is 56.6. The number of ketones is 4. The van der Waals surface area contributed by atoms with Crippen LogP contribution in [-0.4, -0.2) is 65.4 Å². The zero-order valence-corrected chi connectivity index (χ0v) is 45.8. The van der Waals surface area contributed by atoms with Crippen molar-refractivity contribution in [3.05, 3.63) is 119 Å². The summed E-state index contributed by atoms with van der Waals surface area (Å²) in [5.74, 6) is 6.52. The number of Topliss-reactive ketones (excluding diaryl/α,β-unsaturated/α-hetero) is 2. The zero-order chi connectivity index (χ0) is 50.8. The number of allylic oxidation sites excluding steroid dienone is 6. The Balaban J connectivity index is 0.000000162. The summed E-state index contributed by atoms with van der Waals surface area (Å²) in [5.41, 5.74) is 5.86. The van der Waals surface area contributed by atoms with Gasteiger partial charge in [0.25, 0.3) is 0 Å². The molecule has 0 radical (unpaired) electrons. The summed E-state index contributed by atoms with van der Waals surface area (Å²) < 4.78 is 0. The van der Waals surface area contributed by atoms with Gasteiger partial charge >= 0.3 is 11.6 Å². The van der Waals surface area contributed by atoms with Crippen molar-refractivity contribution in [2.45, 2.75) is 170 Å². The summed E-state index contributed by atoms with van der Waals surface area (Å²) in [5, 5.41) is 34.0. The average molecular weight is 1010 g/mol. The molecule has 0 aromatic heterocycles. The fourth-order valence-corrected chi connectivity index (χ4v) is 16.4. The van der Waals surface area contributed by atoms with Crippen LogP contribution in [0.2, 0.25) is 0 Å². The first-order valence-electron chi connectivity index (χ1n) is 26.9. The molecule has 14 atom stereocenters. The van der Waals surface area contributed by atoms with E-state index in [0.29, 0.717) is 45.4 Å². The van der Waals surface area contributed by atoms with Gasteiger partial charge in [-0.2, -0.15) is 0 Å². The average Bonchev–Trinajstić information content (AvgIpc) is 3.87. The van der Waals surface area contributed by atoms with Crippen molar-refractivity contribution in [2.75, 3.05) is 0 Å². The molecular weight excluding hydrogens is 921 g/mol. The number of benzene rings is 2. The number of carbonyl (C=O) groups excluding carboxylic acids is 4. The van der Waals surface area contributed by atoms with E-state index in [1.54, 1.807) is 35.4 Å². The molecule has 0 bridgehead atoms. The van der Waals surface area contributed by atoms with Gasteiger partial charge in [0.1, 0.15) is 11.6 Å². The first-order valence-corrected chi connectivity index (χ1v) is 26.9. The van der Waals surface area contributed by atoms with E-state index in [2.05, 4.69) is 39.8 Å².